The molecule has 0 fully saturated rings. The fourth-order valence-electron chi connectivity index (χ4n) is 3.35. The van der Waals surface area contributed by atoms with Crippen LogP contribution in [0.1, 0.15) is 26.4 Å². The number of phenolic OH excluding ortho intramolecular Hbond substituents is 1. The molecule has 155 valence electrons. The van der Waals surface area contributed by atoms with Gasteiger partial charge in [0.15, 0.2) is 0 Å². The summed E-state index contributed by atoms with van der Waals surface area (Å²) in [5.74, 6) is -0.0247. The number of nitrogens with zero attached hydrogens (tertiary/aromatic N) is 2. The number of carbonyl (C=O) groups excluding carboxylic acids is 1. The minimum absolute atomic E-state index is 0. The van der Waals surface area contributed by atoms with E-state index in [4.69, 9.17) is 0 Å². The van der Waals surface area contributed by atoms with E-state index >= 15 is 0 Å². The molecule has 0 aliphatic carbocycles. The number of ketones is 1. The molecule has 1 radical (unpaired) electrons. The quantitative estimate of drug-likeness (QED) is 0.209. The first kappa shape index (κ1) is 23.7. The van der Waals surface area contributed by atoms with Gasteiger partial charge in [0, 0.05) is 72.5 Å². The third-order valence-electron chi connectivity index (χ3n) is 4.78. The number of pyridine rings is 2. The summed E-state index contributed by atoms with van der Waals surface area (Å²) in [7, 11) is 0. The van der Waals surface area contributed by atoms with Gasteiger partial charge >= 0.3 is 0 Å². The van der Waals surface area contributed by atoms with Crippen molar-refractivity contribution in [1.29, 1.82) is 0 Å². The molecule has 0 unspecified atom stereocenters. The van der Waals surface area contributed by atoms with Gasteiger partial charge in [0.05, 0.1) is 21.5 Å². The molecule has 0 aliphatic heterocycles. The smallest absolute Gasteiger partial charge is 0.206 e. The number of thiophene rings is 1. The van der Waals surface area contributed by atoms with Gasteiger partial charge in [-0.05, 0) is 54.6 Å². The Morgan fingerprint density at radius 1 is 0.871 bits per heavy atom. The van der Waals surface area contributed by atoms with E-state index < -0.39 is 0 Å². The number of aryl methyl sites for hydroxylation is 2. The number of rotatable bonds is 2. The topological polar surface area (TPSA) is 63.1 Å². The normalized spacial score (nSPS) is 10.3. The van der Waals surface area contributed by atoms with Crippen LogP contribution in [0.5, 0.6) is 5.75 Å². The molecule has 3 heterocycles. The van der Waals surface area contributed by atoms with E-state index in [0.29, 0.717) is 10.4 Å². The molecule has 0 spiro atoms. The van der Waals surface area contributed by atoms with E-state index in [0.717, 1.165) is 32.9 Å². The number of hydrogen-bond donors (Lipinski definition) is 1. The predicted octanol–water partition coefficient (Wildman–Crippen LogP) is 6.08. The van der Waals surface area contributed by atoms with Crippen LogP contribution >= 0.6 is 11.3 Å². The Balaban J connectivity index is 0.000000171. The molecule has 2 aromatic carbocycles. The molecule has 5 aromatic rings. The molecule has 5 rings (SSSR count). The van der Waals surface area contributed by atoms with E-state index in [1.165, 1.54) is 11.3 Å². The minimum Gasteiger partial charge on any atom is -0.507 e. The molecule has 0 saturated heterocycles. The van der Waals surface area contributed by atoms with Crippen LogP contribution in [-0.2, 0) is 0 Å². The van der Waals surface area contributed by atoms with E-state index in [1.807, 2.05) is 36.6 Å². The van der Waals surface area contributed by atoms with E-state index in [1.54, 1.807) is 31.5 Å². The second-order valence-electron chi connectivity index (χ2n) is 7.00. The summed E-state index contributed by atoms with van der Waals surface area (Å²) >= 11 is 1.39. The summed E-state index contributed by atoms with van der Waals surface area (Å²) in [4.78, 5) is 21.4. The number of aromatic nitrogens is 2. The summed E-state index contributed by atoms with van der Waals surface area (Å²) in [6, 6.07) is 19.3. The Bertz CT molecular complexity index is 1300. The monoisotopic (exact) mass is 565 g/mol. The molecule has 0 bridgehead atoms. The molecule has 0 atom stereocenters. The van der Waals surface area contributed by atoms with Crippen molar-refractivity contribution in [2.75, 3.05) is 0 Å². The Kier molecular flexibility index (Phi) is 8.06. The van der Waals surface area contributed by atoms with Crippen molar-refractivity contribution in [1.82, 2.24) is 9.97 Å². The van der Waals surface area contributed by atoms with Crippen LogP contribution in [0.3, 0.4) is 0 Å². The van der Waals surface area contributed by atoms with Gasteiger partial charge in [-0.3, -0.25) is 14.8 Å². The minimum atomic E-state index is -0.112. The Morgan fingerprint density at radius 3 is 2.03 bits per heavy atom. The first-order valence-corrected chi connectivity index (χ1v) is 10.4. The molecule has 31 heavy (non-hydrogen) atoms. The van der Waals surface area contributed by atoms with E-state index in [-0.39, 0.29) is 60.9 Å². The maximum atomic E-state index is 12.1. The number of carbonyl (C=O) groups is 1. The number of benzene rings is 2. The zero-order chi connectivity index (χ0) is 21.1. The first-order chi connectivity index (χ1) is 14.5. The van der Waals surface area contributed by atoms with Gasteiger partial charge in [0.25, 0.3) is 0 Å². The van der Waals surface area contributed by atoms with Crippen LogP contribution in [0.4, 0.5) is 0 Å². The van der Waals surface area contributed by atoms with Gasteiger partial charge in [-0.25, -0.2) is 0 Å². The van der Waals surface area contributed by atoms with Crippen LogP contribution in [-0.4, -0.2) is 20.9 Å². The number of hydrogen-bond acceptors (Lipinski definition) is 5. The van der Waals surface area contributed by atoms with Crippen molar-refractivity contribution >= 4 is 38.9 Å². The zero-order valence-electron chi connectivity index (χ0n) is 17.0. The van der Waals surface area contributed by atoms with Crippen LogP contribution in [0.15, 0.2) is 78.4 Å². The van der Waals surface area contributed by atoms with Crippen LogP contribution < -0.4 is 0 Å². The first-order valence-electron chi connectivity index (χ1n) is 9.51. The van der Waals surface area contributed by atoms with Gasteiger partial charge in [-0.15, -0.1) is 11.3 Å². The average molecular weight is 564 g/mol. The van der Waals surface area contributed by atoms with Gasteiger partial charge in [-0.1, -0.05) is 36.4 Å². The molecule has 3 aromatic heterocycles. The van der Waals surface area contributed by atoms with Crippen molar-refractivity contribution in [2.24, 2.45) is 0 Å². The summed E-state index contributed by atoms with van der Waals surface area (Å²) in [6.45, 7) is 3.71. The van der Waals surface area contributed by atoms with Crippen molar-refractivity contribution in [3.63, 3.8) is 0 Å². The van der Waals surface area contributed by atoms with Gasteiger partial charge in [0.2, 0.25) is 5.78 Å². The fourth-order valence-corrected chi connectivity index (χ4v) is 4.03. The van der Waals surface area contributed by atoms with E-state index in [2.05, 4.69) is 34.2 Å². The molecule has 1 N–H and O–H groups in total. The van der Waals surface area contributed by atoms with Crippen LogP contribution in [0.2, 0.25) is 0 Å². The molecule has 0 aliphatic rings. The second kappa shape index (κ2) is 10.6. The predicted molar refractivity (Wildman–Crippen MR) is 122 cm³/mol. The summed E-state index contributed by atoms with van der Waals surface area (Å²) in [5, 5.41) is 14.0. The molecular formula is C25H20EuN2O2S. The second-order valence-corrected chi connectivity index (χ2v) is 7.95. The summed E-state index contributed by atoms with van der Waals surface area (Å²) in [6.07, 6.45) is 3.60. The zero-order valence-corrected chi connectivity index (χ0v) is 20.3. The van der Waals surface area contributed by atoms with Crippen molar-refractivity contribution in [3.8, 4) is 5.75 Å². The third-order valence-corrected chi connectivity index (χ3v) is 5.65. The van der Waals surface area contributed by atoms with Crippen molar-refractivity contribution < 1.29 is 59.3 Å². The van der Waals surface area contributed by atoms with Crippen molar-refractivity contribution in [3.05, 3.63) is 100 Å². The Morgan fingerprint density at radius 2 is 1.48 bits per heavy atom. The van der Waals surface area contributed by atoms with Gasteiger partial charge < -0.3 is 5.11 Å². The maximum Gasteiger partial charge on any atom is 0.206 e. The third kappa shape index (κ3) is 5.26. The fraction of sp³-hybridized carbons (Fsp3) is 0.0800. The van der Waals surface area contributed by atoms with Crippen LogP contribution in [0.25, 0.3) is 21.8 Å². The average Bonchev–Trinajstić information content (AvgIpc) is 3.31. The van der Waals surface area contributed by atoms with Gasteiger partial charge in [0.1, 0.15) is 5.75 Å². The van der Waals surface area contributed by atoms with Crippen molar-refractivity contribution in [2.45, 2.75) is 13.8 Å². The summed E-state index contributed by atoms with van der Waals surface area (Å²) in [5.41, 5.74) is 4.06. The Labute approximate surface area is 225 Å². The molecule has 0 saturated carbocycles. The molecule has 4 nitrogen and oxygen atoms in total. The molecule has 0 amide bonds. The SMILES string of the molecule is Cc1cc(C)c(O)c(C(=O)c2cccs2)c1.[Eu].c1cnc2c(c1)ccc1cccnc12. The van der Waals surface area contributed by atoms with Crippen LogP contribution in [0, 0.1) is 63.2 Å². The summed E-state index contributed by atoms with van der Waals surface area (Å²) < 4.78 is 0. The molecular weight excluding hydrogens is 544 g/mol. The molecule has 6 heteroatoms. The largest absolute Gasteiger partial charge is 0.507 e. The maximum absolute atomic E-state index is 12.1. The van der Waals surface area contributed by atoms with E-state index in [9.17, 15) is 9.90 Å². The number of aromatic hydroxyl groups is 1. The Hall–Kier alpha value is -1.99. The standard InChI is InChI=1S/C13H12O2S.C12H8N2.Eu/c1-8-6-9(2)12(14)10(7-8)13(15)11-4-3-5-16-11;1-3-9-5-6-10-4-2-8-14-12(10)11(9)13-7-1;/h3-7,14H,1-2H3;1-8H;. The number of phenols is 1. The number of fused-ring (bicyclic) bond motifs is 3. The van der Waals surface area contributed by atoms with Gasteiger partial charge in [-0.2, -0.15) is 0 Å².